The molecule has 1 unspecified atom stereocenters. The van der Waals surface area contributed by atoms with Gasteiger partial charge < -0.3 is 9.52 Å². The summed E-state index contributed by atoms with van der Waals surface area (Å²) < 4.78 is 32.1. The van der Waals surface area contributed by atoms with Crippen LogP contribution in [0.4, 0.5) is 0 Å². The summed E-state index contributed by atoms with van der Waals surface area (Å²) in [5.74, 6) is -1.13. The van der Waals surface area contributed by atoms with E-state index >= 15 is 0 Å². The second-order valence-corrected chi connectivity index (χ2v) is 6.19. The van der Waals surface area contributed by atoms with E-state index < -0.39 is 16.0 Å². The Morgan fingerprint density at radius 2 is 1.95 bits per heavy atom. The molecule has 1 rings (SSSR count). The zero-order valence-corrected chi connectivity index (χ0v) is 12.3. The van der Waals surface area contributed by atoms with Gasteiger partial charge in [0.15, 0.2) is 0 Å². The number of carboxylic acids is 1. The molecule has 2 N–H and O–H groups in total. The molecule has 1 aromatic heterocycles. The number of hydrogen-bond donors (Lipinski definition) is 2. The van der Waals surface area contributed by atoms with Gasteiger partial charge in [0, 0.05) is 6.04 Å². The Kier molecular flexibility index (Phi) is 4.75. The van der Waals surface area contributed by atoms with Crippen molar-refractivity contribution in [2.24, 2.45) is 0 Å². The predicted molar refractivity (Wildman–Crippen MR) is 69.8 cm³/mol. The third kappa shape index (κ3) is 3.36. The molecular weight excluding hydrogens is 270 g/mol. The number of carbonyl (C=O) groups is 1. The molecule has 19 heavy (non-hydrogen) atoms. The number of furan rings is 1. The van der Waals surface area contributed by atoms with Gasteiger partial charge in [-0.15, -0.1) is 0 Å². The number of sulfonamides is 1. The molecule has 0 fully saturated rings. The van der Waals surface area contributed by atoms with Gasteiger partial charge in [0.1, 0.15) is 22.0 Å². The van der Waals surface area contributed by atoms with E-state index in [0.717, 1.165) is 6.42 Å². The van der Waals surface area contributed by atoms with Crippen LogP contribution in [-0.4, -0.2) is 25.5 Å². The Bertz CT molecular complexity index is 573. The van der Waals surface area contributed by atoms with E-state index in [1.165, 1.54) is 13.8 Å². The van der Waals surface area contributed by atoms with E-state index in [1.54, 1.807) is 6.92 Å². The highest BCUT2D eigenvalue weighted by Crippen LogP contribution is 2.26. The molecule has 0 aromatic carbocycles. The SMILES string of the molecule is CCCC(C)NS(=O)(=O)c1c(C)oc(C)c1C(=O)O. The van der Waals surface area contributed by atoms with Crippen LogP contribution in [-0.2, 0) is 10.0 Å². The number of hydrogen-bond acceptors (Lipinski definition) is 4. The second-order valence-electron chi connectivity index (χ2n) is 4.53. The summed E-state index contributed by atoms with van der Waals surface area (Å²) in [5.41, 5.74) is -0.298. The zero-order chi connectivity index (χ0) is 14.8. The summed E-state index contributed by atoms with van der Waals surface area (Å²) in [5, 5.41) is 9.11. The van der Waals surface area contributed by atoms with Crippen LogP contribution in [0.3, 0.4) is 0 Å². The van der Waals surface area contributed by atoms with Crippen LogP contribution in [0.25, 0.3) is 0 Å². The molecule has 1 heterocycles. The maximum absolute atomic E-state index is 12.2. The van der Waals surface area contributed by atoms with Crippen molar-refractivity contribution in [2.75, 3.05) is 0 Å². The summed E-state index contributed by atoms with van der Waals surface area (Å²) in [6, 6.07) is -0.258. The molecule has 0 aliphatic rings. The summed E-state index contributed by atoms with van der Waals surface area (Å²) in [4.78, 5) is 10.9. The average Bonchev–Trinajstić information content (AvgIpc) is 2.53. The lowest BCUT2D eigenvalue weighted by Gasteiger charge is -2.13. The van der Waals surface area contributed by atoms with Crippen molar-refractivity contribution in [1.29, 1.82) is 0 Å². The summed E-state index contributed by atoms with van der Waals surface area (Å²) in [7, 11) is -3.89. The fraction of sp³-hybridized carbons (Fsp3) is 0.583. The van der Waals surface area contributed by atoms with Crippen LogP contribution in [0.1, 0.15) is 48.6 Å². The van der Waals surface area contributed by atoms with E-state index in [2.05, 4.69) is 4.72 Å². The molecule has 0 saturated carbocycles. The zero-order valence-electron chi connectivity index (χ0n) is 11.5. The lowest BCUT2D eigenvalue weighted by Crippen LogP contribution is -2.33. The molecule has 0 saturated heterocycles. The Morgan fingerprint density at radius 1 is 1.37 bits per heavy atom. The number of aromatic carboxylic acids is 1. The first-order valence-corrected chi connectivity index (χ1v) is 7.54. The van der Waals surface area contributed by atoms with Gasteiger partial charge in [-0.2, -0.15) is 0 Å². The monoisotopic (exact) mass is 289 g/mol. The lowest BCUT2D eigenvalue weighted by molar-refractivity contribution is 0.0691. The summed E-state index contributed by atoms with van der Waals surface area (Å²) >= 11 is 0. The van der Waals surface area contributed by atoms with Crippen LogP contribution >= 0.6 is 0 Å². The van der Waals surface area contributed by atoms with Crippen molar-refractivity contribution in [2.45, 2.75) is 51.5 Å². The van der Waals surface area contributed by atoms with E-state index in [0.29, 0.717) is 6.42 Å². The highest BCUT2D eigenvalue weighted by molar-refractivity contribution is 7.89. The van der Waals surface area contributed by atoms with Gasteiger partial charge in [-0.3, -0.25) is 0 Å². The molecular formula is C12H19NO5S. The highest BCUT2D eigenvalue weighted by atomic mass is 32.2. The van der Waals surface area contributed by atoms with Gasteiger partial charge in [0.25, 0.3) is 0 Å². The Hall–Kier alpha value is -1.34. The predicted octanol–water partition coefficient (Wildman–Crippen LogP) is 2.06. The van der Waals surface area contributed by atoms with Gasteiger partial charge in [-0.1, -0.05) is 13.3 Å². The molecule has 7 heteroatoms. The maximum atomic E-state index is 12.2. The van der Waals surface area contributed by atoms with Crippen LogP contribution in [0.2, 0.25) is 0 Å². The van der Waals surface area contributed by atoms with Crippen molar-refractivity contribution in [3.05, 3.63) is 17.1 Å². The minimum absolute atomic E-state index is 0.0890. The molecule has 0 bridgehead atoms. The molecule has 6 nitrogen and oxygen atoms in total. The standard InChI is InChI=1S/C12H19NO5S/c1-5-6-7(2)13-19(16,17)11-9(4)18-8(3)10(11)12(14)15/h7,13H,5-6H2,1-4H3,(H,14,15). The molecule has 1 atom stereocenters. The quantitative estimate of drug-likeness (QED) is 0.835. The van der Waals surface area contributed by atoms with E-state index in [1.807, 2.05) is 6.92 Å². The average molecular weight is 289 g/mol. The molecule has 1 aromatic rings. The van der Waals surface area contributed by atoms with Gasteiger partial charge in [-0.05, 0) is 27.2 Å². The molecule has 0 spiro atoms. The van der Waals surface area contributed by atoms with Crippen molar-refractivity contribution in [1.82, 2.24) is 4.72 Å². The molecule has 0 aliphatic heterocycles. The van der Waals surface area contributed by atoms with Gasteiger partial charge >= 0.3 is 5.97 Å². The van der Waals surface area contributed by atoms with E-state index in [-0.39, 0.29) is 28.0 Å². The van der Waals surface area contributed by atoms with Crippen molar-refractivity contribution >= 4 is 16.0 Å². The van der Waals surface area contributed by atoms with Crippen molar-refractivity contribution in [3.8, 4) is 0 Å². The fourth-order valence-corrected chi connectivity index (χ4v) is 3.74. The van der Waals surface area contributed by atoms with Crippen LogP contribution in [0, 0.1) is 13.8 Å². The first kappa shape index (κ1) is 15.7. The lowest BCUT2D eigenvalue weighted by atomic mass is 10.2. The van der Waals surface area contributed by atoms with Crippen LogP contribution < -0.4 is 4.72 Å². The van der Waals surface area contributed by atoms with Crippen molar-refractivity contribution in [3.63, 3.8) is 0 Å². The topological polar surface area (TPSA) is 96.6 Å². The van der Waals surface area contributed by atoms with E-state index in [9.17, 15) is 13.2 Å². The normalized spacial score (nSPS) is 13.5. The second kappa shape index (κ2) is 5.75. The number of carboxylic acid groups (broad SMARTS) is 1. The van der Waals surface area contributed by atoms with Gasteiger partial charge in [-0.25, -0.2) is 17.9 Å². The Balaban J connectivity index is 3.25. The van der Waals surface area contributed by atoms with Gasteiger partial charge in [0.05, 0.1) is 0 Å². The van der Waals surface area contributed by atoms with Crippen molar-refractivity contribution < 1.29 is 22.7 Å². The maximum Gasteiger partial charge on any atom is 0.340 e. The van der Waals surface area contributed by atoms with Crippen LogP contribution in [0.15, 0.2) is 9.31 Å². The third-order valence-electron chi connectivity index (χ3n) is 2.77. The Morgan fingerprint density at radius 3 is 2.42 bits per heavy atom. The largest absolute Gasteiger partial charge is 0.478 e. The van der Waals surface area contributed by atoms with E-state index in [4.69, 9.17) is 9.52 Å². The first-order chi connectivity index (χ1) is 8.70. The Labute approximate surface area is 112 Å². The number of rotatable bonds is 6. The number of nitrogens with one attached hydrogen (secondary N) is 1. The molecule has 0 amide bonds. The minimum Gasteiger partial charge on any atom is -0.478 e. The van der Waals surface area contributed by atoms with Crippen LogP contribution in [0.5, 0.6) is 0 Å². The first-order valence-electron chi connectivity index (χ1n) is 6.06. The fourth-order valence-electron chi connectivity index (χ4n) is 2.05. The minimum atomic E-state index is -3.89. The summed E-state index contributed by atoms with van der Waals surface area (Å²) in [6.07, 6.45) is 1.51. The molecule has 0 radical (unpaired) electrons. The molecule has 0 aliphatic carbocycles. The highest BCUT2D eigenvalue weighted by Gasteiger charge is 2.31. The molecule has 108 valence electrons. The third-order valence-corrected chi connectivity index (χ3v) is 4.51. The number of aryl methyl sites for hydroxylation is 2. The van der Waals surface area contributed by atoms with Gasteiger partial charge in [0.2, 0.25) is 10.0 Å². The summed E-state index contributed by atoms with van der Waals surface area (Å²) in [6.45, 7) is 6.56. The smallest absolute Gasteiger partial charge is 0.340 e.